The van der Waals surface area contributed by atoms with E-state index in [1.54, 1.807) is 12.0 Å². The highest BCUT2D eigenvalue weighted by Gasteiger charge is 2.60. The number of benzene rings is 1. The van der Waals surface area contributed by atoms with Gasteiger partial charge in [-0.25, -0.2) is 14.7 Å². The summed E-state index contributed by atoms with van der Waals surface area (Å²) in [6, 6.07) is 12.4. The number of anilines is 1. The van der Waals surface area contributed by atoms with Gasteiger partial charge in [0.15, 0.2) is 5.03 Å². The van der Waals surface area contributed by atoms with Crippen LogP contribution in [0.25, 0.3) is 0 Å². The van der Waals surface area contributed by atoms with Crippen LogP contribution in [0.1, 0.15) is 112 Å². The first kappa shape index (κ1) is 37.3. The van der Waals surface area contributed by atoms with E-state index in [0.717, 1.165) is 60.8 Å². The molecule has 0 radical (unpaired) electrons. The highest BCUT2D eigenvalue weighted by Crippen LogP contribution is 2.53. The van der Waals surface area contributed by atoms with Crippen LogP contribution < -0.4 is 15.2 Å². The minimum absolute atomic E-state index is 0.00323. The van der Waals surface area contributed by atoms with Gasteiger partial charge < -0.3 is 24.8 Å². The molecule has 2 saturated heterocycles. The second kappa shape index (κ2) is 15.0. The quantitative estimate of drug-likeness (QED) is 0.246. The monoisotopic (exact) mass is 745 g/mol. The number of nitrogens with two attached hydrogens (primary N) is 1. The van der Waals surface area contributed by atoms with Crippen molar-refractivity contribution in [2.75, 3.05) is 19.5 Å². The van der Waals surface area contributed by atoms with E-state index in [9.17, 15) is 18.0 Å². The van der Waals surface area contributed by atoms with Crippen molar-refractivity contribution in [3.63, 3.8) is 0 Å². The van der Waals surface area contributed by atoms with Crippen molar-refractivity contribution in [3.8, 4) is 5.88 Å². The predicted octanol–water partition coefficient (Wildman–Crippen LogP) is 5.79. The number of rotatable bonds is 11. The number of hydrogen-bond acceptors (Lipinski definition) is 10. The Balaban J connectivity index is 1.36. The molecule has 7 rings (SSSR count). The van der Waals surface area contributed by atoms with Crippen molar-refractivity contribution in [2.45, 2.75) is 120 Å². The van der Waals surface area contributed by atoms with Gasteiger partial charge in [0.25, 0.3) is 21.8 Å². The standard InChI is InChI=1S/C40H51N5O7S/c1-40(2,3)33-35(37(46)44-53(48,49)32-17-10-16-31(41)43-32)45(39(47)30-15-7-8-20-51-30)34(29-14-6-5-13-28(29)25-18-19-25)36(33)52-23-27-21-26(24-11-9-12-24)22-42-38(27)50-4/h5-6,10,13-14,16-17,21-22,24-25,30,33-36H,7-9,11-12,15,18-20,23H2,1-4H3,(H2,41,43)(H,44,46)/t30-,33?,34?,35?,36?/m0/s1. The smallest absolute Gasteiger partial charge is 0.281 e. The molecule has 2 aromatic heterocycles. The number of nitrogen functional groups attached to an aromatic ring is 1. The maximum atomic E-state index is 15.0. The van der Waals surface area contributed by atoms with Crippen molar-refractivity contribution in [3.05, 3.63) is 77.0 Å². The van der Waals surface area contributed by atoms with E-state index in [1.165, 1.54) is 24.6 Å². The lowest BCUT2D eigenvalue weighted by molar-refractivity contribution is -0.154. The van der Waals surface area contributed by atoms with E-state index >= 15 is 0 Å². The largest absolute Gasteiger partial charge is 0.481 e. The molecule has 4 aliphatic rings. The number of hydrogen-bond donors (Lipinski definition) is 2. The van der Waals surface area contributed by atoms with Crippen molar-refractivity contribution in [1.82, 2.24) is 19.6 Å². The van der Waals surface area contributed by atoms with Crippen LogP contribution in [0, 0.1) is 11.3 Å². The number of aromatic nitrogens is 2. The number of ether oxygens (including phenoxy) is 3. The molecule has 5 atom stereocenters. The number of carbonyl (C=O) groups excluding carboxylic acids is 2. The zero-order valence-electron chi connectivity index (χ0n) is 31.0. The number of nitrogens with one attached hydrogen (secondary N) is 1. The van der Waals surface area contributed by atoms with Gasteiger partial charge >= 0.3 is 0 Å². The van der Waals surface area contributed by atoms with Crippen LogP contribution in [-0.4, -0.2) is 67.1 Å². The van der Waals surface area contributed by atoms with Gasteiger partial charge in [0, 0.05) is 24.3 Å². The number of amides is 2. The van der Waals surface area contributed by atoms with Crippen molar-refractivity contribution in [2.24, 2.45) is 11.3 Å². The molecule has 3 aromatic rings. The first-order valence-electron chi connectivity index (χ1n) is 18.8. The maximum absolute atomic E-state index is 15.0. The highest BCUT2D eigenvalue weighted by molar-refractivity contribution is 7.90. The van der Waals surface area contributed by atoms with Crippen LogP contribution in [0.3, 0.4) is 0 Å². The zero-order chi connectivity index (χ0) is 37.5. The van der Waals surface area contributed by atoms with Gasteiger partial charge in [0.05, 0.1) is 25.9 Å². The number of sulfonamides is 1. The van der Waals surface area contributed by atoms with E-state index in [4.69, 9.17) is 19.9 Å². The number of methoxy groups -OCH3 is 1. The summed E-state index contributed by atoms with van der Waals surface area (Å²) in [5, 5.41) is -0.390. The van der Waals surface area contributed by atoms with E-state index in [2.05, 4.69) is 26.8 Å². The summed E-state index contributed by atoms with van der Waals surface area (Å²) >= 11 is 0. The molecule has 4 heterocycles. The van der Waals surface area contributed by atoms with E-state index in [-0.39, 0.29) is 23.4 Å². The number of pyridine rings is 2. The third kappa shape index (κ3) is 7.65. The Bertz CT molecular complexity index is 1940. The molecule has 4 unspecified atom stereocenters. The van der Waals surface area contributed by atoms with Gasteiger partial charge in [-0.1, -0.05) is 57.5 Å². The van der Waals surface area contributed by atoms with Crippen LogP contribution >= 0.6 is 0 Å². The fraction of sp³-hybridized carbons (Fsp3) is 0.550. The second-order valence-electron chi connectivity index (χ2n) is 16.0. The molecular weight excluding hydrogens is 695 g/mol. The van der Waals surface area contributed by atoms with Gasteiger partial charge in [-0.05, 0) is 97.1 Å². The van der Waals surface area contributed by atoms with E-state index in [0.29, 0.717) is 30.7 Å². The normalized spacial score (nSPS) is 25.1. The van der Waals surface area contributed by atoms with Gasteiger partial charge in [-0.3, -0.25) is 9.59 Å². The summed E-state index contributed by atoms with van der Waals surface area (Å²) in [7, 11) is -2.89. The lowest BCUT2D eigenvalue weighted by atomic mass is 9.73. The Labute approximate surface area is 312 Å². The molecule has 3 N–H and O–H groups in total. The van der Waals surface area contributed by atoms with Crippen LogP contribution in [0.5, 0.6) is 5.88 Å². The number of nitrogens with zero attached hydrogens (tertiary/aromatic N) is 3. The second-order valence-corrected chi connectivity index (χ2v) is 17.6. The SMILES string of the molecule is COc1ncc(C2CCC2)cc1COC1C(c2ccccc2C2CC2)N(C(=O)[C@@H]2CCCCO2)C(C(=O)NS(=O)(=O)c2cccc(N)n2)C1C(C)(C)C. The van der Waals surface area contributed by atoms with Gasteiger partial charge in [0.1, 0.15) is 18.0 Å². The highest BCUT2D eigenvalue weighted by atomic mass is 32.2. The summed E-state index contributed by atoms with van der Waals surface area (Å²) < 4.78 is 48.6. The van der Waals surface area contributed by atoms with Crippen LogP contribution in [0.15, 0.2) is 59.8 Å². The molecule has 4 fully saturated rings. The molecule has 2 aliphatic carbocycles. The third-order valence-electron chi connectivity index (χ3n) is 11.3. The molecule has 2 aliphatic heterocycles. The molecule has 0 bridgehead atoms. The first-order chi connectivity index (χ1) is 25.4. The molecule has 2 saturated carbocycles. The Morgan fingerprint density at radius 2 is 1.74 bits per heavy atom. The molecule has 2 amide bonds. The van der Waals surface area contributed by atoms with Crippen LogP contribution in [0.4, 0.5) is 5.82 Å². The minimum atomic E-state index is -4.47. The fourth-order valence-corrected chi connectivity index (χ4v) is 9.33. The fourth-order valence-electron chi connectivity index (χ4n) is 8.36. The van der Waals surface area contributed by atoms with Crippen molar-refractivity contribution in [1.29, 1.82) is 0 Å². The molecule has 12 nitrogen and oxygen atoms in total. The van der Waals surface area contributed by atoms with Gasteiger partial charge in [0.2, 0.25) is 5.88 Å². The van der Waals surface area contributed by atoms with Crippen LogP contribution in [0.2, 0.25) is 0 Å². The Kier molecular flexibility index (Phi) is 10.5. The molecule has 284 valence electrons. The van der Waals surface area contributed by atoms with Crippen molar-refractivity contribution < 1.29 is 32.2 Å². The summed E-state index contributed by atoms with van der Waals surface area (Å²) in [5.41, 5.74) is 9.07. The Hall–Kier alpha value is -4.07. The zero-order valence-corrected chi connectivity index (χ0v) is 31.8. The Morgan fingerprint density at radius 3 is 2.36 bits per heavy atom. The molecule has 53 heavy (non-hydrogen) atoms. The predicted molar refractivity (Wildman–Crippen MR) is 198 cm³/mol. The molecule has 0 spiro atoms. The number of carbonyl (C=O) groups is 2. The number of likely N-dealkylation sites (tertiary alicyclic amines) is 1. The summed E-state index contributed by atoms with van der Waals surface area (Å²) in [6.45, 7) is 6.52. The van der Waals surface area contributed by atoms with Gasteiger partial charge in [-0.15, -0.1) is 0 Å². The maximum Gasteiger partial charge on any atom is 0.281 e. The van der Waals surface area contributed by atoms with Gasteiger partial charge in [-0.2, -0.15) is 8.42 Å². The summed E-state index contributed by atoms with van der Waals surface area (Å²) in [6.07, 6.45) is 7.90. The lowest BCUT2D eigenvalue weighted by Gasteiger charge is -2.37. The van der Waals surface area contributed by atoms with E-state index < -0.39 is 51.6 Å². The average Bonchev–Trinajstić information content (AvgIpc) is 3.90. The Morgan fingerprint density at radius 1 is 0.981 bits per heavy atom. The van der Waals surface area contributed by atoms with Crippen LogP contribution in [-0.2, 0) is 35.7 Å². The van der Waals surface area contributed by atoms with Crippen molar-refractivity contribution >= 4 is 27.7 Å². The molecular formula is C40H51N5O7S. The summed E-state index contributed by atoms with van der Waals surface area (Å²) in [4.78, 5) is 40.0. The lowest BCUT2D eigenvalue weighted by Crippen LogP contribution is -2.55. The molecule has 13 heteroatoms. The minimum Gasteiger partial charge on any atom is -0.481 e. The third-order valence-corrected chi connectivity index (χ3v) is 12.6. The topological polar surface area (TPSA) is 163 Å². The first-order valence-corrected chi connectivity index (χ1v) is 20.3. The molecule has 1 aromatic carbocycles. The summed E-state index contributed by atoms with van der Waals surface area (Å²) in [5.74, 6) is -0.661. The van der Waals surface area contributed by atoms with E-state index in [1.807, 2.05) is 45.2 Å². The average molecular weight is 746 g/mol.